The lowest BCUT2D eigenvalue weighted by Gasteiger charge is -2.04. The van der Waals surface area contributed by atoms with Gasteiger partial charge < -0.3 is 0 Å². The Kier molecular flexibility index (Phi) is 2.99. The van der Waals surface area contributed by atoms with E-state index in [1.54, 1.807) is 6.20 Å². The van der Waals surface area contributed by atoms with Crippen LogP contribution in [0.15, 0.2) is 24.4 Å². The van der Waals surface area contributed by atoms with Crippen LogP contribution in [-0.4, -0.2) is 15.0 Å². The van der Waals surface area contributed by atoms with Crippen molar-refractivity contribution in [3.05, 3.63) is 52.3 Å². The molecule has 0 unspecified atom stereocenters. The second-order valence-corrected chi connectivity index (χ2v) is 5.19. The van der Waals surface area contributed by atoms with Gasteiger partial charge in [0.15, 0.2) is 0 Å². The summed E-state index contributed by atoms with van der Waals surface area (Å²) in [5.41, 5.74) is 3.15. The van der Waals surface area contributed by atoms with E-state index < -0.39 is 0 Å². The first kappa shape index (κ1) is 11.0. The van der Waals surface area contributed by atoms with Crippen LogP contribution >= 0.6 is 23.4 Å². The highest BCUT2D eigenvalue weighted by molar-refractivity contribution is 7.98. The molecule has 0 amide bonds. The third-order valence-electron chi connectivity index (χ3n) is 2.64. The number of halogens is 1. The summed E-state index contributed by atoms with van der Waals surface area (Å²) in [6.45, 7) is 0. The van der Waals surface area contributed by atoms with E-state index in [0.717, 1.165) is 34.3 Å². The van der Waals surface area contributed by atoms with Gasteiger partial charge in [-0.2, -0.15) is 11.8 Å². The van der Waals surface area contributed by atoms with E-state index in [1.165, 1.54) is 0 Å². The van der Waals surface area contributed by atoms with Crippen LogP contribution in [-0.2, 0) is 17.9 Å². The highest BCUT2D eigenvalue weighted by Crippen LogP contribution is 2.32. The zero-order valence-corrected chi connectivity index (χ0v) is 10.6. The quantitative estimate of drug-likeness (QED) is 0.781. The van der Waals surface area contributed by atoms with E-state index in [1.807, 2.05) is 30.0 Å². The molecule has 0 bridgehead atoms. The summed E-state index contributed by atoms with van der Waals surface area (Å²) in [7, 11) is 0. The summed E-state index contributed by atoms with van der Waals surface area (Å²) in [5, 5.41) is 0.603. The molecule has 0 aliphatic carbocycles. The average molecular weight is 264 g/mol. The number of fused-ring (bicyclic) bond motifs is 1. The first-order valence-electron chi connectivity index (χ1n) is 5.35. The standard InChI is InChI=1S/C12H10ClN3S/c13-12-9-6-17-7-10(9)15-11(16-12)5-8-3-1-2-4-14-8/h1-4H,5-7H2. The predicted molar refractivity (Wildman–Crippen MR) is 69.1 cm³/mol. The lowest BCUT2D eigenvalue weighted by Crippen LogP contribution is -2.03. The largest absolute Gasteiger partial charge is 0.261 e. The molecule has 0 radical (unpaired) electrons. The van der Waals surface area contributed by atoms with Gasteiger partial charge in [0.2, 0.25) is 0 Å². The Morgan fingerprint density at radius 3 is 3.00 bits per heavy atom. The summed E-state index contributed by atoms with van der Waals surface area (Å²) >= 11 is 7.99. The van der Waals surface area contributed by atoms with E-state index in [-0.39, 0.29) is 0 Å². The van der Waals surface area contributed by atoms with Gasteiger partial charge in [-0.25, -0.2) is 9.97 Å². The Morgan fingerprint density at radius 2 is 2.18 bits per heavy atom. The number of hydrogen-bond donors (Lipinski definition) is 0. The van der Waals surface area contributed by atoms with Gasteiger partial charge in [-0.05, 0) is 12.1 Å². The number of pyridine rings is 1. The summed E-state index contributed by atoms with van der Waals surface area (Å²) in [5.74, 6) is 2.63. The average Bonchev–Trinajstić information content (AvgIpc) is 2.79. The molecule has 1 aliphatic rings. The summed E-state index contributed by atoms with van der Waals surface area (Å²) < 4.78 is 0. The van der Waals surface area contributed by atoms with Gasteiger partial charge in [0.1, 0.15) is 11.0 Å². The summed E-state index contributed by atoms with van der Waals surface area (Å²) in [6.07, 6.45) is 2.42. The van der Waals surface area contributed by atoms with Gasteiger partial charge in [-0.3, -0.25) is 4.98 Å². The minimum Gasteiger partial charge on any atom is -0.261 e. The predicted octanol–water partition coefficient (Wildman–Crippen LogP) is 2.86. The fourth-order valence-electron chi connectivity index (χ4n) is 1.80. The van der Waals surface area contributed by atoms with Crippen molar-refractivity contribution in [3.8, 4) is 0 Å². The molecule has 0 fully saturated rings. The Morgan fingerprint density at radius 1 is 1.24 bits per heavy atom. The molecular formula is C12H10ClN3S. The molecule has 3 nitrogen and oxygen atoms in total. The summed E-state index contributed by atoms with van der Waals surface area (Å²) in [6, 6.07) is 5.84. The molecule has 0 atom stereocenters. The minimum atomic E-state index is 0.603. The van der Waals surface area contributed by atoms with Crippen LogP contribution in [0.4, 0.5) is 0 Å². The lowest BCUT2D eigenvalue weighted by atomic mass is 10.2. The highest BCUT2D eigenvalue weighted by Gasteiger charge is 2.18. The van der Waals surface area contributed by atoms with E-state index in [9.17, 15) is 0 Å². The van der Waals surface area contributed by atoms with Gasteiger partial charge in [-0.15, -0.1) is 0 Å². The van der Waals surface area contributed by atoms with Gasteiger partial charge in [0, 0.05) is 29.0 Å². The van der Waals surface area contributed by atoms with E-state index in [4.69, 9.17) is 11.6 Å². The van der Waals surface area contributed by atoms with Crippen LogP contribution in [0, 0.1) is 0 Å². The van der Waals surface area contributed by atoms with Gasteiger partial charge in [0.05, 0.1) is 12.1 Å². The number of thioether (sulfide) groups is 1. The van der Waals surface area contributed by atoms with Crippen molar-refractivity contribution >= 4 is 23.4 Å². The first-order valence-corrected chi connectivity index (χ1v) is 6.88. The normalized spacial score (nSPS) is 13.7. The maximum atomic E-state index is 6.16. The van der Waals surface area contributed by atoms with Crippen molar-refractivity contribution < 1.29 is 0 Å². The molecule has 0 saturated carbocycles. The van der Waals surface area contributed by atoms with Crippen molar-refractivity contribution in [2.75, 3.05) is 0 Å². The fraction of sp³-hybridized carbons (Fsp3) is 0.250. The Hall–Kier alpha value is -1.13. The molecule has 0 N–H and O–H groups in total. The molecule has 2 aromatic heterocycles. The van der Waals surface area contributed by atoms with Crippen LogP contribution in [0.25, 0.3) is 0 Å². The first-order chi connectivity index (χ1) is 8.33. The highest BCUT2D eigenvalue weighted by atomic mass is 35.5. The molecule has 17 heavy (non-hydrogen) atoms. The van der Waals surface area contributed by atoms with Crippen LogP contribution in [0.1, 0.15) is 22.8 Å². The van der Waals surface area contributed by atoms with Gasteiger partial charge in [0.25, 0.3) is 0 Å². The van der Waals surface area contributed by atoms with Crippen molar-refractivity contribution in [2.45, 2.75) is 17.9 Å². The lowest BCUT2D eigenvalue weighted by molar-refractivity contribution is 0.905. The monoisotopic (exact) mass is 263 g/mol. The molecule has 5 heteroatoms. The van der Waals surface area contributed by atoms with E-state index in [2.05, 4.69) is 15.0 Å². The maximum Gasteiger partial charge on any atom is 0.137 e. The molecule has 86 valence electrons. The second-order valence-electron chi connectivity index (χ2n) is 3.85. The molecule has 3 heterocycles. The minimum absolute atomic E-state index is 0.603. The van der Waals surface area contributed by atoms with E-state index in [0.29, 0.717) is 11.6 Å². The number of nitrogens with zero attached hydrogens (tertiary/aromatic N) is 3. The number of hydrogen-bond acceptors (Lipinski definition) is 4. The zero-order chi connectivity index (χ0) is 11.7. The summed E-state index contributed by atoms with van der Waals surface area (Å²) in [4.78, 5) is 13.2. The Labute approximate surface area is 109 Å². The van der Waals surface area contributed by atoms with Gasteiger partial charge in [-0.1, -0.05) is 17.7 Å². The van der Waals surface area contributed by atoms with Crippen molar-refractivity contribution in [1.29, 1.82) is 0 Å². The Bertz CT molecular complexity index is 545. The molecule has 1 aliphatic heterocycles. The molecule has 3 rings (SSSR count). The van der Waals surface area contributed by atoms with Crippen molar-refractivity contribution in [1.82, 2.24) is 15.0 Å². The molecule has 2 aromatic rings. The molecular weight excluding hydrogens is 254 g/mol. The Balaban J connectivity index is 1.92. The topological polar surface area (TPSA) is 38.7 Å². The van der Waals surface area contributed by atoms with Gasteiger partial charge >= 0.3 is 0 Å². The number of aromatic nitrogens is 3. The maximum absolute atomic E-state index is 6.16. The molecule has 0 spiro atoms. The van der Waals surface area contributed by atoms with Crippen LogP contribution in [0.2, 0.25) is 5.15 Å². The zero-order valence-electron chi connectivity index (χ0n) is 9.06. The van der Waals surface area contributed by atoms with Crippen LogP contribution in [0.5, 0.6) is 0 Å². The van der Waals surface area contributed by atoms with Crippen LogP contribution in [0.3, 0.4) is 0 Å². The van der Waals surface area contributed by atoms with Crippen LogP contribution < -0.4 is 0 Å². The second kappa shape index (κ2) is 4.63. The van der Waals surface area contributed by atoms with E-state index >= 15 is 0 Å². The SMILES string of the molecule is Clc1nc(Cc2ccccn2)nc2c1CSC2. The third-order valence-corrected chi connectivity index (χ3v) is 3.92. The number of rotatable bonds is 2. The fourth-order valence-corrected chi connectivity index (χ4v) is 3.20. The third kappa shape index (κ3) is 2.28. The van der Waals surface area contributed by atoms with Crippen molar-refractivity contribution in [2.24, 2.45) is 0 Å². The molecule has 0 aromatic carbocycles. The smallest absolute Gasteiger partial charge is 0.137 e. The molecule has 0 saturated heterocycles. The van der Waals surface area contributed by atoms with Crippen molar-refractivity contribution in [3.63, 3.8) is 0 Å².